The Hall–Kier alpha value is -0.670. The highest BCUT2D eigenvalue weighted by Gasteiger charge is 1.98. The van der Waals surface area contributed by atoms with Crippen molar-refractivity contribution in [3.63, 3.8) is 0 Å². The van der Waals surface area contributed by atoms with Crippen molar-refractivity contribution < 1.29 is 4.74 Å². The van der Waals surface area contributed by atoms with Crippen LogP contribution in [-0.4, -0.2) is 19.6 Å². The first-order valence-corrected chi connectivity index (χ1v) is 5.34. The molecular weight excluding hydrogens is 182 g/mol. The molecule has 0 saturated heterocycles. The number of hydrogen-bond acceptors (Lipinski definition) is 3. The van der Waals surface area contributed by atoms with Crippen LogP contribution in [0.25, 0.3) is 0 Å². The van der Waals surface area contributed by atoms with E-state index in [1.54, 1.807) is 11.8 Å². The van der Waals surface area contributed by atoms with Gasteiger partial charge in [0.25, 0.3) is 0 Å². The Kier molecular flexibility index (Phi) is 4.72. The van der Waals surface area contributed by atoms with E-state index in [9.17, 15) is 0 Å². The molecule has 1 aromatic rings. The molecule has 0 aliphatic heterocycles. The number of hydrogen-bond donors (Lipinski definition) is 1. The minimum atomic E-state index is 0.717. The van der Waals surface area contributed by atoms with Crippen LogP contribution in [-0.2, 0) is 4.74 Å². The maximum Gasteiger partial charge on any atom is 0.0967 e. The Morgan fingerprint density at radius 3 is 2.85 bits per heavy atom. The van der Waals surface area contributed by atoms with Gasteiger partial charge in [-0.25, -0.2) is 0 Å². The van der Waals surface area contributed by atoms with Gasteiger partial charge in [0.05, 0.1) is 5.94 Å². The quantitative estimate of drug-likeness (QED) is 0.445. The summed E-state index contributed by atoms with van der Waals surface area (Å²) in [4.78, 5) is 1.23. The lowest BCUT2D eigenvalue weighted by Gasteiger charge is -2.07. The fourth-order valence-electron chi connectivity index (χ4n) is 0.988. The zero-order valence-electron chi connectivity index (χ0n) is 8.04. The summed E-state index contributed by atoms with van der Waals surface area (Å²) in [6.07, 6.45) is 0. The van der Waals surface area contributed by atoms with Gasteiger partial charge in [-0.05, 0) is 19.1 Å². The minimum Gasteiger partial charge on any atom is -0.387 e. The number of thioether (sulfide) groups is 1. The van der Waals surface area contributed by atoms with Crippen LogP contribution in [0.5, 0.6) is 0 Å². The first-order chi connectivity index (χ1) is 6.38. The van der Waals surface area contributed by atoms with Gasteiger partial charge >= 0.3 is 0 Å². The third-order valence-electron chi connectivity index (χ3n) is 1.66. The van der Waals surface area contributed by atoms with Gasteiger partial charge in [0, 0.05) is 24.2 Å². The number of rotatable bonds is 5. The Morgan fingerprint density at radius 2 is 2.15 bits per heavy atom. The van der Waals surface area contributed by atoms with Crippen molar-refractivity contribution in [3.05, 3.63) is 24.3 Å². The fourth-order valence-corrected chi connectivity index (χ4v) is 1.86. The first kappa shape index (κ1) is 10.4. The van der Waals surface area contributed by atoms with Crippen LogP contribution in [0, 0.1) is 0 Å². The van der Waals surface area contributed by atoms with Crippen LogP contribution in [0.3, 0.4) is 0 Å². The SMILES string of the molecule is CCOCSc1ccccc1NC. The van der Waals surface area contributed by atoms with Gasteiger partial charge in [-0.2, -0.15) is 0 Å². The molecule has 13 heavy (non-hydrogen) atoms. The van der Waals surface area contributed by atoms with E-state index in [0.29, 0.717) is 0 Å². The summed E-state index contributed by atoms with van der Waals surface area (Å²) >= 11 is 1.71. The summed E-state index contributed by atoms with van der Waals surface area (Å²) in [5.41, 5.74) is 1.16. The minimum absolute atomic E-state index is 0.717. The van der Waals surface area contributed by atoms with Crippen LogP contribution in [0.2, 0.25) is 0 Å². The lowest BCUT2D eigenvalue weighted by Crippen LogP contribution is -1.92. The second-order valence-electron chi connectivity index (χ2n) is 2.50. The van der Waals surface area contributed by atoms with E-state index in [4.69, 9.17) is 4.74 Å². The Balaban J connectivity index is 2.54. The third-order valence-corrected chi connectivity index (χ3v) is 2.61. The molecule has 1 N–H and O–H groups in total. The third kappa shape index (κ3) is 3.28. The van der Waals surface area contributed by atoms with Crippen molar-refractivity contribution in [2.75, 3.05) is 24.9 Å². The molecule has 1 aromatic carbocycles. The molecule has 3 heteroatoms. The predicted octanol–water partition coefficient (Wildman–Crippen LogP) is 2.81. The molecule has 0 unspecified atom stereocenters. The smallest absolute Gasteiger partial charge is 0.0967 e. The molecule has 72 valence electrons. The number of para-hydroxylation sites is 1. The molecule has 0 amide bonds. The van der Waals surface area contributed by atoms with E-state index in [2.05, 4.69) is 17.4 Å². The van der Waals surface area contributed by atoms with E-state index < -0.39 is 0 Å². The fraction of sp³-hybridized carbons (Fsp3) is 0.400. The Morgan fingerprint density at radius 1 is 1.38 bits per heavy atom. The second kappa shape index (κ2) is 5.89. The summed E-state index contributed by atoms with van der Waals surface area (Å²) in [7, 11) is 1.93. The van der Waals surface area contributed by atoms with Gasteiger partial charge in [0.1, 0.15) is 0 Å². The van der Waals surface area contributed by atoms with Gasteiger partial charge in [0.15, 0.2) is 0 Å². The standard InChI is InChI=1S/C10H15NOS/c1-3-12-8-13-10-7-5-4-6-9(10)11-2/h4-7,11H,3,8H2,1-2H3. The summed E-state index contributed by atoms with van der Waals surface area (Å²) < 4.78 is 5.27. The molecule has 0 heterocycles. The maximum absolute atomic E-state index is 5.27. The van der Waals surface area contributed by atoms with Gasteiger partial charge in [-0.3, -0.25) is 0 Å². The van der Waals surface area contributed by atoms with E-state index >= 15 is 0 Å². The Bertz CT molecular complexity index is 252. The maximum atomic E-state index is 5.27. The molecule has 0 atom stereocenters. The number of benzene rings is 1. The van der Waals surface area contributed by atoms with Gasteiger partial charge in [0.2, 0.25) is 0 Å². The zero-order chi connectivity index (χ0) is 9.52. The number of nitrogens with one attached hydrogen (secondary N) is 1. The highest BCUT2D eigenvalue weighted by molar-refractivity contribution is 7.99. The normalized spacial score (nSPS) is 10.0. The monoisotopic (exact) mass is 197 g/mol. The summed E-state index contributed by atoms with van der Waals surface area (Å²) in [6, 6.07) is 8.22. The van der Waals surface area contributed by atoms with Crippen molar-refractivity contribution in [1.29, 1.82) is 0 Å². The molecule has 2 nitrogen and oxygen atoms in total. The highest BCUT2D eigenvalue weighted by atomic mass is 32.2. The van der Waals surface area contributed by atoms with Crippen molar-refractivity contribution >= 4 is 17.4 Å². The zero-order valence-corrected chi connectivity index (χ0v) is 8.86. The molecule has 0 fully saturated rings. The lowest BCUT2D eigenvalue weighted by atomic mass is 10.3. The molecule has 0 saturated carbocycles. The molecule has 0 spiro atoms. The van der Waals surface area contributed by atoms with Crippen LogP contribution >= 0.6 is 11.8 Å². The van der Waals surface area contributed by atoms with E-state index in [-0.39, 0.29) is 0 Å². The largest absolute Gasteiger partial charge is 0.387 e. The van der Waals surface area contributed by atoms with Gasteiger partial charge < -0.3 is 10.1 Å². The van der Waals surface area contributed by atoms with Crippen LogP contribution < -0.4 is 5.32 Å². The molecule has 0 radical (unpaired) electrons. The van der Waals surface area contributed by atoms with E-state index in [1.807, 2.05) is 26.1 Å². The molecule has 0 bridgehead atoms. The van der Waals surface area contributed by atoms with Gasteiger partial charge in [-0.1, -0.05) is 23.9 Å². The van der Waals surface area contributed by atoms with Crippen molar-refractivity contribution in [3.8, 4) is 0 Å². The number of ether oxygens (including phenoxy) is 1. The number of anilines is 1. The molecule has 0 aromatic heterocycles. The van der Waals surface area contributed by atoms with Gasteiger partial charge in [-0.15, -0.1) is 0 Å². The molecule has 0 aliphatic carbocycles. The van der Waals surface area contributed by atoms with E-state index in [0.717, 1.165) is 18.2 Å². The van der Waals surface area contributed by atoms with Crippen LogP contribution in [0.4, 0.5) is 5.69 Å². The molecule has 1 rings (SSSR count). The van der Waals surface area contributed by atoms with Crippen LogP contribution in [0.15, 0.2) is 29.2 Å². The van der Waals surface area contributed by atoms with Crippen LogP contribution in [0.1, 0.15) is 6.92 Å². The average Bonchev–Trinajstić information content (AvgIpc) is 2.19. The van der Waals surface area contributed by atoms with Crippen molar-refractivity contribution in [1.82, 2.24) is 0 Å². The predicted molar refractivity (Wildman–Crippen MR) is 58.3 cm³/mol. The molecule has 0 aliphatic rings. The topological polar surface area (TPSA) is 21.3 Å². The lowest BCUT2D eigenvalue weighted by molar-refractivity contribution is 0.199. The highest BCUT2D eigenvalue weighted by Crippen LogP contribution is 2.26. The summed E-state index contributed by atoms with van der Waals surface area (Å²) in [6.45, 7) is 2.78. The summed E-state index contributed by atoms with van der Waals surface area (Å²) in [5, 5.41) is 3.15. The van der Waals surface area contributed by atoms with Crippen molar-refractivity contribution in [2.45, 2.75) is 11.8 Å². The van der Waals surface area contributed by atoms with E-state index in [1.165, 1.54) is 4.90 Å². The summed E-state index contributed by atoms with van der Waals surface area (Å²) in [5.74, 6) is 0.717. The Labute approximate surface area is 83.7 Å². The van der Waals surface area contributed by atoms with Crippen molar-refractivity contribution in [2.24, 2.45) is 0 Å². The molecular formula is C10H15NOS. The average molecular weight is 197 g/mol. The second-order valence-corrected chi connectivity index (χ2v) is 3.47. The first-order valence-electron chi connectivity index (χ1n) is 4.35.